The summed E-state index contributed by atoms with van der Waals surface area (Å²) >= 11 is 0. The van der Waals surface area contributed by atoms with Crippen molar-refractivity contribution in [2.45, 2.75) is 38.3 Å². The number of hydrogen-bond donors (Lipinski definition) is 2. The van der Waals surface area contributed by atoms with E-state index in [1.807, 2.05) is 0 Å². The van der Waals surface area contributed by atoms with Gasteiger partial charge in [0.05, 0.1) is 10.9 Å². The van der Waals surface area contributed by atoms with Gasteiger partial charge in [-0.05, 0) is 24.6 Å². The maximum atomic E-state index is 12.3. The minimum Gasteiger partial charge on any atom is -0.351 e. The molecule has 1 aromatic rings. The molecule has 0 aliphatic rings. The molecule has 0 saturated carbocycles. The molecule has 0 heterocycles. The van der Waals surface area contributed by atoms with Crippen molar-refractivity contribution in [3.8, 4) is 0 Å². The van der Waals surface area contributed by atoms with E-state index < -0.39 is 16.1 Å². The van der Waals surface area contributed by atoms with Crippen LogP contribution in [0.5, 0.6) is 0 Å². The Morgan fingerprint density at radius 3 is 2.19 bits per heavy atom. The second kappa shape index (κ2) is 7.53. The summed E-state index contributed by atoms with van der Waals surface area (Å²) in [7, 11) is -3.44. The van der Waals surface area contributed by atoms with Gasteiger partial charge in [-0.1, -0.05) is 26.0 Å². The number of rotatable bonds is 7. The van der Waals surface area contributed by atoms with Gasteiger partial charge in [-0.2, -0.15) is 4.31 Å². The summed E-state index contributed by atoms with van der Waals surface area (Å²) in [5.41, 5.74) is 6.27. The fraction of sp³-hybridized carbons (Fsp3) is 0.500. The van der Waals surface area contributed by atoms with Crippen LogP contribution in [0.1, 0.15) is 26.3 Å². The molecule has 1 amide bonds. The van der Waals surface area contributed by atoms with Crippen molar-refractivity contribution in [3.63, 3.8) is 0 Å². The predicted molar refractivity (Wildman–Crippen MR) is 82.0 cm³/mol. The van der Waals surface area contributed by atoms with Crippen molar-refractivity contribution in [1.82, 2.24) is 9.62 Å². The van der Waals surface area contributed by atoms with Crippen molar-refractivity contribution >= 4 is 15.9 Å². The molecule has 0 fully saturated rings. The third-order valence-electron chi connectivity index (χ3n) is 3.15. The Hall–Kier alpha value is -1.44. The molecule has 0 spiro atoms. The van der Waals surface area contributed by atoms with Crippen LogP contribution < -0.4 is 11.1 Å². The zero-order valence-corrected chi connectivity index (χ0v) is 13.5. The van der Waals surface area contributed by atoms with Crippen LogP contribution in [0.15, 0.2) is 29.2 Å². The van der Waals surface area contributed by atoms with Gasteiger partial charge in [-0.3, -0.25) is 4.79 Å². The zero-order chi connectivity index (χ0) is 16.0. The van der Waals surface area contributed by atoms with E-state index in [9.17, 15) is 13.2 Å². The summed E-state index contributed by atoms with van der Waals surface area (Å²) in [6.07, 6.45) is 0. The molecular weight excluding hydrogens is 290 g/mol. The molecule has 0 aliphatic heterocycles. The minimum absolute atomic E-state index is 0.241. The number of amides is 1. The maximum absolute atomic E-state index is 12.3. The monoisotopic (exact) mass is 313 g/mol. The first-order chi connectivity index (χ1) is 9.82. The molecule has 1 rings (SSSR count). The van der Waals surface area contributed by atoms with Gasteiger partial charge in [0.1, 0.15) is 0 Å². The second-order valence-electron chi connectivity index (χ2n) is 4.74. The molecule has 0 bridgehead atoms. The van der Waals surface area contributed by atoms with Crippen LogP contribution in [-0.4, -0.2) is 37.8 Å². The molecule has 6 nitrogen and oxygen atoms in total. The van der Waals surface area contributed by atoms with Gasteiger partial charge >= 0.3 is 0 Å². The van der Waals surface area contributed by atoms with Crippen molar-refractivity contribution in [2.24, 2.45) is 5.73 Å². The highest BCUT2D eigenvalue weighted by Gasteiger charge is 2.21. The number of nitrogens with two attached hydrogens (primary N) is 1. The van der Waals surface area contributed by atoms with E-state index in [4.69, 9.17) is 5.73 Å². The van der Waals surface area contributed by atoms with Gasteiger partial charge in [0.2, 0.25) is 15.9 Å². The number of nitrogens with one attached hydrogen (secondary N) is 1. The first-order valence-electron chi connectivity index (χ1n) is 6.95. The molecule has 118 valence electrons. The van der Waals surface area contributed by atoms with Crippen LogP contribution in [0.2, 0.25) is 0 Å². The fourth-order valence-corrected chi connectivity index (χ4v) is 3.30. The van der Waals surface area contributed by atoms with Crippen LogP contribution in [-0.2, 0) is 21.4 Å². The first kappa shape index (κ1) is 17.6. The minimum atomic E-state index is -3.44. The molecule has 0 saturated heterocycles. The Balaban J connectivity index is 2.81. The molecule has 0 radical (unpaired) electrons. The van der Waals surface area contributed by atoms with E-state index in [1.54, 1.807) is 45.0 Å². The zero-order valence-electron chi connectivity index (χ0n) is 12.7. The Morgan fingerprint density at radius 2 is 1.76 bits per heavy atom. The van der Waals surface area contributed by atoms with Gasteiger partial charge in [0.15, 0.2) is 0 Å². The van der Waals surface area contributed by atoms with E-state index in [-0.39, 0.29) is 10.8 Å². The number of benzene rings is 1. The highest BCUT2D eigenvalue weighted by Crippen LogP contribution is 2.16. The van der Waals surface area contributed by atoms with Crippen LogP contribution in [0.4, 0.5) is 0 Å². The number of nitrogens with zero attached hydrogens (tertiary/aromatic N) is 1. The van der Waals surface area contributed by atoms with E-state index in [1.165, 1.54) is 4.31 Å². The molecule has 7 heteroatoms. The first-order valence-corrected chi connectivity index (χ1v) is 8.39. The molecule has 0 unspecified atom stereocenters. The highest BCUT2D eigenvalue weighted by atomic mass is 32.2. The molecule has 0 aromatic heterocycles. The molecule has 0 aliphatic carbocycles. The van der Waals surface area contributed by atoms with E-state index >= 15 is 0 Å². The normalized spacial score (nSPS) is 13.2. The molecule has 1 aromatic carbocycles. The largest absolute Gasteiger partial charge is 0.351 e. The number of carbonyl (C=O) groups excluding carboxylic acids is 1. The summed E-state index contributed by atoms with van der Waals surface area (Å²) in [6, 6.07) is 5.94. The lowest BCUT2D eigenvalue weighted by Gasteiger charge is -2.18. The Morgan fingerprint density at radius 1 is 1.24 bits per heavy atom. The average Bonchev–Trinajstić information content (AvgIpc) is 2.46. The topological polar surface area (TPSA) is 92.5 Å². The van der Waals surface area contributed by atoms with Gasteiger partial charge in [-0.15, -0.1) is 0 Å². The maximum Gasteiger partial charge on any atom is 0.243 e. The lowest BCUT2D eigenvalue weighted by molar-refractivity contribution is -0.122. The van der Waals surface area contributed by atoms with Crippen molar-refractivity contribution in [1.29, 1.82) is 0 Å². The van der Waals surface area contributed by atoms with Crippen molar-refractivity contribution < 1.29 is 13.2 Å². The smallest absolute Gasteiger partial charge is 0.243 e. The standard InChI is InChI=1S/C14H23N3O3S/c1-4-17(5-2)21(19,20)13-8-6-12(7-9-13)10-16-14(18)11(3)15/h6-9,11H,4-5,10,15H2,1-3H3,(H,16,18)/t11-/m1/s1. The highest BCUT2D eigenvalue weighted by molar-refractivity contribution is 7.89. The molecule has 21 heavy (non-hydrogen) atoms. The van der Waals surface area contributed by atoms with E-state index in [2.05, 4.69) is 5.32 Å². The average molecular weight is 313 g/mol. The Kier molecular flexibility index (Phi) is 6.32. The SMILES string of the molecule is CCN(CC)S(=O)(=O)c1ccc(CNC(=O)[C@@H](C)N)cc1. The number of hydrogen-bond acceptors (Lipinski definition) is 4. The summed E-state index contributed by atoms with van der Waals surface area (Å²) in [5, 5.41) is 2.68. The van der Waals surface area contributed by atoms with Crippen molar-refractivity contribution in [2.75, 3.05) is 13.1 Å². The van der Waals surface area contributed by atoms with Crippen LogP contribution in [0.25, 0.3) is 0 Å². The molecule has 3 N–H and O–H groups in total. The summed E-state index contributed by atoms with van der Waals surface area (Å²) in [5.74, 6) is -0.241. The van der Waals surface area contributed by atoms with Gasteiger partial charge in [0, 0.05) is 19.6 Å². The third kappa shape index (κ3) is 4.52. The molecule has 1 atom stereocenters. The lowest BCUT2D eigenvalue weighted by atomic mass is 10.2. The number of carbonyl (C=O) groups is 1. The fourth-order valence-electron chi connectivity index (χ4n) is 1.84. The van der Waals surface area contributed by atoms with Gasteiger partial charge < -0.3 is 11.1 Å². The Labute approximate surface area is 126 Å². The summed E-state index contributed by atoms with van der Waals surface area (Å²) in [4.78, 5) is 11.6. The summed E-state index contributed by atoms with van der Waals surface area (Å²) < 4.78 is 26.0. The van der Waals surface area contributed by atoms with E-state index in [0.717, 1.165) is 5.56 Å². The lowest BCUT2D eigenvalue weighted by Crippen LogP contribution is -2.37. The summed E-state index contributed by atoms with van der Waals surface area (Å²) in [6.45, 7) is 6.41. The van der Waals surface area contributed by atoms with Gasteiger partial charge in [0.25, 0.3) is 0 Å². The number of sulfonamides is 1. The van der Waals surface area contributed by atoms with Crippen LogP contribution in [0.3, 0.4) is 0 Å². The van der Waals surface area contributed by atoms with Crippen LogP contribution in [0, 0.1) is 0 Å². The van der Waals surface area contributed by atoms with Crippen molar-refractivity contribution in [3.05, 3.63) is 29.8 Å². The predicted octanol–water partition coefficient (Wildman–Crippen LogP) is 0.681. The van der Waals surface area contributed by atoms with Gasteiger partial charge in [-0.25, -0.2) is 8.42 Å². The van der Waals surface area contributed by atoms with E-state index in [0.29, 0.717) is 19.6 Å². The quantitative estimate of drug-likeness (QED) is 0.774. The van der Waals surface area contributed by atoms with Crippen LogP contribution >= 0.6 is 0 Å². The third-order valence-corrected chi connectivity index (χ3v) is 5.21. The molecular formula is C14H23N3O3S. The second-order valence-corrected chi connectivity index (χ2v) is 6.68. The Bertz CT molecular complexity index is 564.